The van der Waals surface area contributed by atoms with Crippen molar-refractivity contribution in [3.05, 3.63) is 60.5 Å². The van der Waals surface area contributed by atoms with Gasteiger partial charge in [0.05, 0.1) is 12.2 Å². The van der Waals surface area contributed by atoms with Gasteiger partial charge in [-0.1, -0.05) is 23.4 Å². The van der Waals surface area contributed by atoms with E-state index in [0.717, 1.165) is 55.9 Å². The van der Waals surface area contributed by atoms with Crippen LogP contribution < -0.4 is 5.32 Å². The third-order valence-electron chi connectivity index (χ3n) is 4.82. The average Bonchev–Trinajstić information content (AvgIpc) is 3.42. The predicted octanol–water partition coefficient (Wildman–Crippen LogP) is 1.77. The van der Waals surface area contributed by atoms with Gasteiger partial charge in [-0.2, -0.15) is 0 Å². The first-order valence-corrected chi connectivity index (χ1v) is 9.35. The number of hydrogen-bond donors (Lipinski definition) is 1. The summed E-state index contributed by atoms with van der Waals surface area (Å²) in [6, 6.07) is 12.0. The maximum absolute atomic E-state index is 4.91. The first-order valence-electron chi connectivity index (χ1n) is 9.35. The Balaban J connectivity index is 0.00000240. The first kappa shape index (κ1) is 21.2. The summed E-state index contributed by atoms with van der Waals surface area (Å²) >= 11 is 0. The van der Waals surface area contributed by atoms with E-state index in [1.165, 1.54) is 0 Å². The van der Waals surface area contributed by atoms with Gasteiger partial charge in [0.1, 0.15) is 12.6 Å². The lowest BCUT2D eigenvalue weighted by Crippen LogP contribution is -2.52. The topological polar surface area (TPSA) is 87.6 Å². The molecule has 0 aliphatic carbocycles. The minimum Gasteiger partial charge on any atom is -0.364 e. The van der Waals surface area contributed by atoms with Crippen LogP contribution in [-0.2, 0) is 13.1 Å². The molecule has 0 bridgehead atoms. The van der Waals surface area contributed by atoms with E-state index < -0.39 is 0 Å². The van der Waals surface area contributed by atoms with Gasteiger partial charge < -0.3 is 14.7 Å². The normalized spacial score (nSPS) is 15.2. The van der Waals surface area contributed by atoms with E-state index in [1.807, 2.05) is 48.0 Å². The number of rotatable bonds is 5. The molecular formula is C19H25IN8O. The number of piperazine rings is 1. The molecule has 0 radical (unpaired) electrons. The molecule has 10 heteroatoms. The molecule has 1 N–H and O–H groups in total. The molecule has 1 aliphatic rings. The lowest BCUT2D eigenvalue weighted by molar-refractivity contribution is 0.169. The van der Waals surface area contributed by atoms with Gasteiger partial charge in [-0.25, -0.2) is 0 Å². The highest BCUT2D eigenvalue weighted by atomic mass is 127. The van der Waals surface area contributed by atoms with Crippen LogP contribution in [0.4, 0.5) is 0 Å². The number of nitrogens with one attached hydrogen (secondary N) is 1. The number of para-hydroxylation sites is 1. The van der Waals surface area contributed by atoms with Crippen molar-refractivity contribution >= 4 is 29.9 Å². The second-order valence-electron chi connectivity index (χ2n) is 6.61. The van der Waals surface area contributed by atoms with Crippen LogP contribution in [0.15, 0.2) is 58.5 Å². The minimum atomic E-state index is 0. The number of guanidine groups is 1. The second kappa shape index (κ2) is 10.3. The van der Waals surface area contributed by atoms with Crippen molar-refractivity contribution in [1.82, 2.24) is 35.0 Å². The van der Waals surface area contributed by atoms with E-state index in [2.05, 4.69) is 35.5 Å². The maximum Gasteiger partial charge on any atom is 0.194 e. The Morgan fingerprint density at radius 1 is 1.14 bits per heavy atom. The summed E-state index contributed by atoms with van der Waals surface area (Å²) in [6.45, 7) is 5.09. The molecule has 1 fully saturated rings. The van der Waals surface area contributed by atoms with Crippen LogP contribution in [0.2, 0.25) is 0 Å². The van der Waals surface area contributed by atoms with Crippen molar-refractivity contribution in [2.75, 3.05) is 33.2 Å². The number of hydrogen-bond acceptors (Lipinski definition) is 6. The van der Waals surface area contributed by atoms with Crippen molar-refractivity contribution in [2.24, 2.45) is 4.99 Å². The largest absolute Gasteiger partial charge is 0.364 e. The summed E-state index contributed by atoms with van der Waals surface area (Å²) in [5.74, 6) is 1.72. The second-order valence-corrected chi connectivity index (χ2v) is 6.61. The van der Waals surface area contributed by atoms with Gasteiger partial charge in [-0.15, -0.1) is 34.2 Å². The SMILES string of the molecule is CN=C(NCc1nncn1-c1ccccc1)N1CCN(Cc2ccon2)CC1.I. The maximum atomic E-state index is 4.91. The number of nitrogens with zero attached hydrogens (tertiary/aromatic N) is 7. The molecule has 29 heavy (non-hydrogen) atoms. The predicted molar refractivity (Wildman–Crippen MR) is 120 cm³/mol. The van der Waals surface area contributed by atoms with E-state index >= 15 is 0 Å². The summed E-state index contributed by atoms with van der Waals surface area (Å²) in [7, 11) is 1.81. The van der Waals surface area contributed by atoms with E-state index in [-0.39, 0.29) is 24.0 Å². The van der Waals surface area contributed by atoms with Crippen molar-refractivity contribution in [2.45, 2.75) is 13.1 Å². The summed E-state index contributed by atoms with van der Waals surface area (Å²) in [6.07, 6.45) is 3.35. The highest BCUT2D eigenvalue weighted by Crippen LogP contribution is 2.10. The van der Waals surface area contributed by atoms with Gasteiger partial charge in [0.2, 0.25) is 0 Å². The standard InChI is InChI=1S/C19H24N8O.HI/c1-20-19(26-10-8-25(9-11-26)14-16-7-12-28-24-16)21-13-18-23-22-15-27(18)17-5-3-2-4-6-17;/h2-7,12,15H,8-11,13-14H2,1H3,(H,20,21);1H. The molecular weight excluding hydrogens is 483 g/mol. The van der Waals surface area contributed by atoms with Crippen LogP contribution in [-0.4, -0.2) is 68.9 Å². The molecule has 0 spiro atoms. The van der Waals surface area contributed by atoms with Crippen molar-refractivity contribution in [3.63, 3.8) is 0 Å². The number of halogens is 1. The quantitative estimate of drug-likeness (QED) is 0.319. The van der Waals surface area contributed by atoms with Crippen LogP contribution in [0.1, 0.15) is 11.5 Å². The fraction of sp³-hybridized carbons (Fsp3) is 0.368. The third-order valence-corrected chi connectivity index (χ3v) is 4.82. The molecule has 2 aromatic heterocycles. The van der Waals surface area contributed by atoms with Gasteiger partial charge in [0.15, 0.2) is 11.8 Å². The van der Waals surface area contributed by atoms with E-state index in [1.54, 1.807) is 12.6 Å². The molecule has 4 rings (SSSR count). The molecule has 3 aromatic rings. The van der Waals surface area contributed by atoms with Crippen LogP contribution in [0.3, 0.4) is 0 Å². The number of benzene rings is 1. The molecule has 0 atom stereocenters. The monoisotopic (exact) mass is 508 g/mol. The zero-order chi connectivity index (χ0) is 19.2. The van der Waals surface area contributed by atoms with Gasteiger partial charge in [0, 0.05) is 51.5 Å². The Hall–Kier alpha value is -2.47. The lowest BCUT2D eigenvalue weighted by atomic mass is 10.3. The number of aliphatic imine (C=N–C) groups is 1. The van der Waals surface area contributed by atoms with Crippen molar-refractivity contribution in [1.29, 1.82) is 0 Å². The fourth-order valence-corrected chi connectivity index (χ4v) is 3.34. The summed E-state index contributed by atoms with van der Waals surface area (Å²) in [4.78, 5) is 9.08. The zero-order valence-corrected chi connectivity index (χ0v) is 18.6. The molecule has 0 unspecified atom stereocenters. The van der Waals surface area contributed by atoms with Gasteiger partial charge in [-0.05, 0) is 12.1 Å². The molecule has 1 saturated heterocycles. The lowest BCUT2D eigenvalue weighted by Gasteiger charge is -2.36. The smallest absolute Gasteiger partial charge is 0.194 e. The summed E-state index contributed by atoms with van der Waals surface area (Å²) < 4.78 is 6.89. The Kier molecular flexibility index (Phi) is 7.58. The minimum absolute atomic E-state index is 0. The van der Waals surface area contributed by atoms with Gasteiger partial charge in [0.25, 0.3) is 0 Å². The molecule has 1 aromatic carbocycles. The molecule has 9 nitrogen and oxygen atoms in total. The summed E-state index contributed by atoms with van der Waals surface area (Å²) in [5.41, 5.74) is 2.01. The Bertz CT molecular complexity index is 888. The molecule has 0 amide bonds. The molecule has 1 aliphatic heterocycles. The average molecular weight is 508 g/mol. The molecule has 3 heterocycles. The third kappa shape index (κ3) is 5.32. The van der Waals surface area contributed by atoms with E-state index in [9.17, 15) is 0 Å². The van der Waals surface area contributed by atoms with Crippen LogP contribution in [0.25, 0.3) is 5.69 Å². The van der Waals surface area contributed by atoms with Crippen LogP contribution in [0, 0.1) is 0 Å². The fourth-order valence-electron chi connectivity index (χ4n) is 3.34. The van der Waals surface area contributed by atoms with Crippen molar-refractivity contribution in [3.8, 4) is 5.69 Å². The van der Waals surface area contributed by atoms with Gasteiger partial charge >= 0.3 is 0 Å². The van der Waals surface area contributed by atoms with E-state index in [4.69, 9.17) is 4.52 Å². The van der Waals surface area contributed by atoms with Crippen molar-refractivity contribution < 1.29 is 4.52 Å². The highest BCUT2D eigenvalue weighted by Gasteiger charge is 2.20. The zero-order valence-electron chi connectivity index (χ0n) is 16.3. The molecule has 154 valence electrons. The first-order chi connectivity index (χ1) is 13.8. The van der Waals surface area contributed by atoms with Crippen LogP contribution in [0.5, 0.6) is 0 Å². The van der Waals surface area contributed by atoms with E-state index in [0.29, 0.717) is 6.54 Å². The number of aromatic nitrogens is 4. The summed E-state index contributed by atoms with van der Waals surface area (Å²) in [5, 5.41) is 15.7. The Morgan fingerprint density at radius 3 is 2.62 bits per heavy atom. The Morgan fingerprint density at radius 2 is 1.93 bits per heavy atom. The van der Waals surface area contributed by atoms with Crippen LogP contribution >= 0.6 is 24.0 Å². The highest BCUT2D eigenvalue weighted by molar-refractivity contribution is 14.0. The van der Waals surface area contributed by atoms with Gasteiger partial charge in [-0.3, -0.25) is 14.5 Å². The molecule has 0 saturated carbocycles. The Labute approximate surface area is 186 Å².